The normalized spacial score (nSPS) is 11.8. The van der Waals surface area contributed by atoms with Gasteiger partial charge < -0.3 is 14.4 Å². The molecule has 0 spiro atoms. The summed E-state index contributed by atoms with van der Waals surface area (Å²) in [6, 6.07) is 7.61. The molecule has 1 aromatic carbocycles. The molecule has 0 radical (unpaired) electrons. The molecule has 0 aromatic heterocycles. The van der Waals surface area contributed by atoms with E-state index < -0.39 is 12.0 Å². The Balaban J connectivity index is 2.85. The van der Waals surface area contributed by atoms with E-state index in [9.17, 15) is 4.79 Å². The summed E-state index contributed by atoms with van der Waals surface area (Å²) in [6.07, 6.45) is -0.767. The van der Waals surface area contributed by atoms with Gasteiger partial charge in [-0.15, -0.1) is 0 Å². The van der Waals surface area contributed by atoms with Crippen LogP contribution in [-0.4, -0.2) is 38.8 Å². The summed E-state index contributed by atoms with van der Waals surface area (Å²) >= 11 is 0. The van der Waals surface area contributed by atoms with E-state index in [1.165, 1.54) is 7.11 Å². The molecule has 1 atom stereocenters. The number of ether oxygens (including phenoxy) is 2. The van der Waals surface area contributed by atoms with Crippen LogP contribution in [0, 0.1) is 0 Å². The van der Waals surface area contributed by atoms with Crippen LogP contribution in [-0.2, 0) is 9.53 Å². The van der Waals surface area contributed by atoms with Gasteiger partial charge in [0.15, 0.2) is 0 Å². The van der Waals surface area contributed by atoms with Crippen LogP contribution < -0.4 is 20.9 Å². The third-order valence-electron chi connectivity index (χ3n) is 2.98. The van der Waals surface area contributed by atoms with Gasteiger partial charge in [-0.05, 0) is 26.0 Å². The largest absolute Gasteiger partial charge is 0.478 e. The van der Waals surface area contributed by atoms with Crippen LogP contribution in [0.2, 0.25) is 0 Å². The van der Waals surface area contributed by atoms with Crippen molar-refractivity contribution in [2.24, 2.45) is 5.84 Å². The average molecular weight is 281 g/mol. The average Bonchev–Trinajstić information content (AvgIpc) is 2.48. The van der Waals surface area contributed by atoms with Gasteiger partial charge >= 0.3 is 0 Å². The maximum Gasteiger partial charge on any atom is 0.277 e. The Morgan fingerprint density at radius 1 is 1.40 bits per heavy atom. The summed E-state index contributed by atoms with van der Waals surface area (Å²) in [7, 11) is 1.51. The first-order valence-electron chi connectivity index (χ1n) is 6.67. The fraction of sp³-hybridized carbons (Fsp3) is 0.500. The molecule has 0 fully saturated rings. The smallest absolute Gasteiger partial charge is 0.277 e. The molecule has 0 aliphatic carbocycles. The monoisotopic (exact) mass is 281 g/mol. The predicted octanol–water partition coefficient (Wildman–Crippen LogP) is 0.917. The molecule has 0 saturated heterocycles. The maximum absolute atomic E-state index is 11.6. The number of anilines is 1. The number of nitrogens with two attached hydrogens (primary N) is 1. The highest BCUT2D eigenvalue weighted by atomic mass is 16.5. The van der Waals surface area contributed by atoms with Crippen molar-refractivity contribution in [3.8, 4) is 5.75 Å². The van der Waals surface area contributed by atoms with Crippen molar-refractivity contribution in [2.75, 3.05) is 31.7 Å². The second kappa shape index (κ2) is 8.39. The number of carbonyl (C=O) groups is 1. The third kappa shape index (κ3) is 4.40. The van der Waals surface area contributed by atoms with Crippen LogP contribution in [0.5, 0.6) is 5.75 Å². The Bertz CT molecular complexity index is 422. The van der Waals surface area contributed by atoms with Crippen molar-refractivity contribution in [1.29, 1.82) is 0 Å². The Morgan fingerprint density at radius 3 is 2.65 bits per heavy atom. The molecule has 1 amide bonds. The van der Waals surface area contributed by atoms with Crippen LogP contribution in [0.1, 0.15) is 13.8 Å². The molecular weight excluding hydrogens is 258 g/mol. The van der Waals surface area contributed by atoms with E-state index in [1.807, 2.05) is 18.2 Å². The Hall–Kier alpha value is -1.79. The van der Waals surface area contributed by atoms with Gasteiger partial charge in [0.05, 0.1) is 6.61 Å². The van der Waals surface area contributed by atoms with Crippen molar-refractivity contribution >= 4 is 11.6 Å². The molecule has 112 valence electrons. The predicted molar refractivity (Wildman–Crippen MR) is 78.6 cm³/mol. The van der Waals surface area contributed by atoms with Crippen LogP contribution >= 0.6 is 0 Å². The van der Waals surface area contributed by atoms with Gasteiger partial charge in [0.25, 0.3) is 5.91 Å². The fourth-order valence-electron chi connectivity index (χ4n) is 1.91. The van der Waals surface area contributed by atoms with E-state index in [4.69, 9.17) is 15.3 Å². The highest BCUT2D eigenvalue weighted by Gasteiger charge is 2.19. The highest BCUT2D eigenvalue weighted by Crippen LogP contribution is 2.22. The van der Waals surface area contributed by atoms with Gasteiger partial charge in [0.1, 0.15) is 5.75 Å². The van der Waals surface area contributed by atoms with E-state index >= 15 is 0 Å². The number of nitrogens with zero attached hydrogens (tertiary/aromatic N) is 1. The van der Waals surface area contributed by atoms with Gasteiger partial charge in [0, 0.05) is 32.0 Å². The zero-order chi connectivity index (χ0) is 15.0. The van der Waals surface area contributed by atoms with Gasteiger partial charge in [-0.1, -0.05) is 6.07 Å². The van der Waals surface area contributed by atoms with Crippen molar-refractivity contribution in [3.63, 3.8) is 0 Å². The number of rotatable bonds is 8. The van der Waals surface area contributed by atoms with Gasteiger partial charge in [0.2, 0.25) is 6.10 Å². The third-order valence-corrected chi connectivity index (χ3v) is 2.98. The topological polar surface area (TPSA) is 76.8 Å². The lowest BCUT2D eigenvalue weighted by Gasteiger charge is -2.22. The number of carbonyl (C=O) groups excluding carboxylic acids is 1. The molecule has 0 aliphatic rings. The van der Waals surface area contributed by atoms with Crippen LogP contribution in [0.15, 0.2) is 24.3 Å². The summed E-state index contributed by atoms with van der Waals surface area (Å²) in [5.74, 6) is 5.33. The summed E-state index contributed by atoms with van der Waals surface area (Å²) in [5.41, 5.74) is 3.13. The second-order valence-corrected chi connectivity index (χ2v) is 4.24. The minimum Gasteiger partial charge on any atom is -0.478 e. The van der Waals surface area contributed by atoms with E-state index in [2.05, 4.69) is 24.2 Å². The van der Waals surface area contributed by atoms with E-state index in [0.29, 0.717) is 5.75 Å². The lowest BCUT2D eigenvalue weighted by Crippen LogP contribution is -2.44. The summed E-state index contributed by atoms with van der Waals surface area (Å²) < 4.78 is 10.6. The molecule has 0 saturated carbocycles. The van der Waals surface area contributed by atoms with Crippen LogP contribution in [0.25, 0.3) is 0 Å². The van der Waals surface area contributed by atoms with Gasteiger partial charge in [-0.3, -0.25) is 10.2 Å². The van der Waals surface area contributed by atoms with Crippen molar-refractivity contribution in [3.05, 3.63) is 24.3 Å². The molecule has 6 heteroatoms. The minimum absolute atomic E-state index is 0.137. The molecule has 0 heterocycles. The van der Waals surface area contributed by atoms with E-state index in [-0.39, 0.29) is 6.61 Å². The zero-order valence-electron chi connectivity index (χ0n) is 12.3. The van der Waals surface area contributed by atoms with Crippen molar-refractivity contribution in [1.82, 2.24) is 5.43 Å². The molecule has 20 heavy (non-hydrogen) atoms. The SMILES string of the molecule is CCN(CC)c1cccc(OC(COC)C(=O)NN)c1. The quantitative estimate of drug-likeness (QED) is 0.421. The highest BCUT2D eigenvalue weighted by molar-refractivity contribution is 5.80. The molecule has 6 nitrogen and oxygen atoms in total. The molecule has 0 bridgehead atoms. The first kappa shape index (κ1) is 16.3. The number of hydrogen-bond acceptors (Lipinski definition) is 5. The van der Waals surface area contributed by atoms with Gasteiger partial charge in [-0.2, -0.15) is 0 Å². The molecule has 1 rings (SSSR count). The summed E-state index contributed by atoms with van der Waals surface area (Å²) in [6.45, 7) is 6.13. The van der Waals surface area contributed by atoms with E-state index in [0.717, 1.165) is 18.8 Å². The molecule has 0 aliphatic heterocycles. The lowest BCUT2D eigenvalue weighted by atomic mass is 10.2. The number of benzene rings is 1. The minimum atomic E-state index is -0.767. The first-order valence-corrected chi connectivity index (χ1v) is 6.67. The second-order valence-electron chi connectivity index (χ2n) is 4.24. The number of hydrazine groups is 1. The Morgan fingerprint density at radius 2 is 2.10 bits per heavy atom. The van der Waals surface area contributed by atoms with Gasteiger partial charge in [-0.25, -0.2) is 5.84 Å². The molecule has 3 N–H and O–H groups in total. The number of methoxy groups -OCH3 is 1. The maximum atomic E-state index is 11.6. The molecule has 1 aromatic rings. The van der Waals surface area contributed by atoms with Crippen molar-refractivity contribution < 1.29 is 14.3 Å². The number of hydrogen-bond donors (Lipinski definition) is 2. The lowest BCUT2D eigenvalue weighted by molar-refractivity contribution is -0.130. The summed E-state index contributed by atoms with van der Waals surface area (Å²) in [5, 5.41) is 0. The standard InChI is InChI=1S/C14H23N3O3/c1-4-17(5-2)11-7-6-8-12(9-11)20-13(10-19-3)14(18)16-15/h6-9,13H,4-5,10,15H2,1-3H3,(H,16,18). The number of amides is 1. The Labute approximate surface area is 119 Å². The molecular formula is C14H23N3O3. The zero-order valence-corrected chi connectivity index (χ0v) is 12.3. The Kier molecular flexibility index (Phi) is 6.83. The summed E-state index contributed by atoms with van der Waals surface area (Å²) in [4.78, 5) is 13.8. The van der Waals surface area contributed by atoms with Crippen molar-refractivity contribution in [2.45, 2.75) is 20.0 Å². The first-order chi connectivity index (χ1) is 9.65. The van der Waals surface area contributed by atoms with Crippen LogP contribution in [0.4, 0.5) is 5.69 Å². The van der Waals surface area contributed by atoms with Crippen LogP contribution in [0.3, 0.4) is 0 Å². The molecule has 1 unspecified atom stereocenters. The van der Waals surface area contributed by atoms with E-state index in [1.54, 1.807) is 6.07 Å². The fourth-order valence-corrected chi connectivity index (χ4v) is 1.91. The number of nitrogens with one attached hydrogen (secondary N) is 1.